The summed E-state index contributed by atoms with van der Waals surface area (Å²) in [4.78, 5) is 14.8. The van der Waals surface area contributed by atoms with E-state index >= 15 is 0 Å². The van der Waals surface area contributed by atoms with Crippen LogP contribution in [0.25, 0.3) is 6.08 Å². The summed E-state index contributed by atoms with van der Waals surface area (Å²) in [5.74, 6) is 0.406. The number of ether oxygens (including phenoxy) is 2. The maximum absolute atomic E-state index is 12.5. The van der Waals surface area contributed by atoms with E-state index in [1.54, 1.807) is 30.4 Å². The fourth-order valence-electron chi connectivity index (χ4n) is 4.77. The van der Waals surface area contributed by atoms with Crippen LogP contribution >= 0.6 is 0 Å². The number of rotatable bonds is 12. The van der Waals surface area contributed by atoms with Crippen molar-refractivity contribution >= 4 is 11.9 Å². The highest BCUT2D eigenvalue weighted by Gasteiger charge is 2.25. The van der Waals surface area contributed by atoms with Crippen LogP contribution in [0.4, 0.5) is 0 Å². The van der Waals surface area contributed by atoms with Crippen molar-refractivity contribution < 1.29 is 19.4 Å². The number of allylic oxidation sites excluding steroid dienone is 2. The average Bonchev–Trinajstić information content (AvgIpc) is 2.99. The topological polar surface area (TPSA) is 85.0 Å². The SMILES string of the molecule is COc1cc(C=CC=CC(=O)C(N)CCN2CCC(OC(c3ccccc3)c3ccccc3)CC2)ccc1O. The molecule has 1 fully saturated rings. The molecule has 1 heterocycles. The maximum atomic E-state index is 12.5. The summed E-state index contributed by atoms with van der Waals surface area (Å²) in [6.07, 6.45) is 9.45. The Bertz CT molecular complexity index is 1200. The minimum Gasteiger partial charge on any atom is -0.504 e. The Morgan fingerprint density at radius 1 is 1.00 bits per heavy atom. The first-order valence-electron chi connectivity index (χ1n) is 13.5. The average molecular weight is 527 g/mol. The number of ketones is 1. The summed E-state index contributed by atoms with van der Waals surface area (Å²) in [7, 11) is 1.51. The van der Waals surface area contributed by atoms with E-state index < -0.39 is 6.04 Å². The summed E-state index contributed by atoms with van der Waals surface area (Å²) in [6.45, 7) is 2.64. The normalized spacial score (nSPS) is 15.8. The van der Waals surface area contributed by atoms with E-state index in [0.29, 0.717) is 12.2 Å². The molecule has 0 spiro atoms. The third-order valence-corrected chi connectivity index (χ3v) is 7.05. The number of hydrogen-bond donors (Lipinski definition) is 2. The van der Waals surface area contributed by atoms with Crippen molar-refractivity contribution in [1.29, 1.82) is 0 Å². The zero-order valence-corrected chi connectivity index (χ0v) is 22.5. The Labute approximate surface area is 231 Å². The van der Waals surface area contributed by atoms with Gasteiger partial charge in [0.2, 0.25) is 0 Å². The highest BCUT2D eigenvalue weighted by molar-refractivity contribution is 5.94. The lowest BCUT2D eigenvalue weighted by Gasteiger charge is -2.34. The molecule has 0 saturated carbocycles. The van der Waals surface area contributed by atoms with E-state index in [2.05, 4.69) is 53.4 Å². The van der Waals surface area contributed by atoms with Gasteiger partial charge in [0.15, 0.2) is 17.3 Å². The molecule has 3 N–H and O–H groups in total. The summed E-state index contributed by atoms with van der Waals surface area (Å²) in [5.41, 5.74) is 9.38. The summed E-state index contributed by atoms with van der Waals surface area (Å²) in [6, 6.07) is 25.3. The van der Waals surface area contributed by atoms with Gasteiger partial charge in [-0.2, -0.15) is 0 Å². The van der Waals surface area contributed by atoms with E-state index in [-0.39, 0.29) is 23.7 Å². The Kier molecular flexibility index (Phi) is 10.5. The Morgan fingerprint density at radius 3 is 2.26 bits per heavy atom. The van der Waals surface area contributed by atoms with Crippen LogP contribution in [0.5, 0.6) is 11.5 Å². The number of nitrogens with two attached hydrogens (primary N) is 1. The first-order valence-corrected chi connectivity index (χ1v) is 13.5. The van der Waals surface area contributed by atoms with Crippen LogP contribution in [0.3, 0.4) is 0 Å². The number of hydrogen-bond acceptors (Lipinski definition) is 6. The van der Waals surface area contributed by atoms with Crippen LogP contribution in [0, 0.1) is 0 Å². The lowest BCUT2D eigenvalue weighted by molar-refractivity contribution is -0.116. The predicted molar refractivity (Wildman–Crippen MR) is 156 cm³/mol. The van der Waals surface area contributed by atoms with Gasteiger partial charge in [0.25, 0.3) is 0 Å². The Morgan fingerprint density at radius 2 is 1.64 bits per heavy atom. The zero-order valence-electron chi connectivity index (χ0n) is 22.5. The zero-order chi connectivity index (χ0) is 27.5. The number of nitrogens with zero attached hydrogens (tertiary/aromatic N) is 1. The first kappa shape index (κ1) is 28.3. The molecule has 1 aliphatic heterocycles. The van der Waals surface area contributed by atoms with Crippen LogP contribution in [-0.4, -0.2) is 54.7 Å². The van der Waals surface area contributed by atoms with Gasteiger partial charge in [0.05, 0.1) is 19.3 Å². The van der Waals surface area contributed by atoms with Crippen molar-refractivity contribution in [3.05, 3.63) is 114 Å². The molecule has 1 saturated heterocycles. The molecule has 204 valence electrons. The molecule has 6 heteroatoms. The molecule has 0 amide bonds. The molecular weight excluding hydrogens is 488 g/mol. The first-order chi connectivity index (χ1) is 19.0. The molecule has 1 atom stereocenters. The second-order valence-electron chi connectivity index (χ2n) is 9.83. The number of carbonyl (C=O) groups excluding carboxylic acids is 1. The molecule has 0 radical (unpaired) electrons. The minimum atomic E-state index is -0.530. The van der Waals surface area contributed by atoms with E-state index in [4.69, 9.17) is 15.2 Å². The fraction of sp³-hybridized carbons (Fsp3) is 0.303. The number of phenolic OH excluding ortho intramolecular Hbond substituents is 1. The predicted octanol–water partition coefficient (Wildman–Crippen LogP) is 5.53. The number of phenols is 1. The highest BCUT2D eigenvalue weighted by atomic mass is 16.5. The van der Waals surface area contributed by atoms with Crippen molar-refractivity contribution in [2.24, 2.45) is 5.73 Å². The smallest absolute Gasteiger partial charge is 0.172 e. The highest BCUT2D eigenvalue weighted by Crippen LogP contribution is 2.30. The monoisotopic (exact) mass is 526 g/mol. The van der Waals surface area contributed by atoms with E-state index in [1.165, 1.54) is 24.3 Å². The fourth-order valence-corrected chi connectivity index (χ4v) is 4.77. The second-order valence-corrected chi connectivity index (χ2v) is 9.83. The maximum Gasteiger partial charge on any atom is 0.172 e. The van der Waals surface area contributed by atoms with E-state index in [1.807, 2.05) is 18.2 Å². The van der Waals surface area contributed by atoms with Gasteiger partial charge < -0.3 is 25.2 Å². The molecule has 3 aromatic carbocycles. The van der Waals surface area contributed by atoms with E-state index in [9.17, 15) is 9.90 Å². The van der Waals surface area contributed by atoms with Crippen LogP contribution in [-0.2, 0) is 9.53 Å². The number of piperidine rings is 1. The quantitative estimate of drug-likeness (QED) is 0.239. The van der Waals surface area contributed by atoms with Crippen LogP contribution in [0.1, 0.15) is 42.1 Å². The van der Waals surface area contributed by atoms with Crippen molar-refractivity contribution in [2.45, 2.75) is 37.5 Å². The van der Waals surface area contributed by atoms with Gasteiger partial charge in [-0.1, -0.05) is 85.0 Å². The van der Waals surface area contributed by atoms with Crippen LogP contribution in [0.15, 0.2) is 97.1 Å². The molecule has 39 heavy (non-hydrogen) atoms. The third-order valence-electron chi connectivity index (χ3n) is 7.05. The number of methoxy groups -OCH3 is 1. The molecule has 6 nitrogen and oxygen atoms in total. The number of aromatic hydroxyl groups is 1. The number of carbonyl (C=O) groups is 1. The Balaban J connectivity index is 1.21. The largest absolute Gasteiger partial charge is 0.504 e. The van der Waals surface area contributed by atoms with Crippen molar-refractivity contribution in [2.75, 3.05) is 26.7 Å². The molecule has 4 rings (SSSR count). The van der Waals surface area contributed by atoms with Crippen molar-refractivity contribution in [3.63, 3.8) is 0 Å². The van der Waals surface area contributed by atoms with Crippen LogP contribution < -0.4 is 10.5 Å². The van der Waals surface area contributed by atoms with Crippen molar-refractivity contribution in [1.82, 2.24) is 4.90 Å². The third kappa shape index (κ3) is 8.39. The summed E-state index contributed by atoms with van der Waals surface area (Å²) >= 11 is 0. The molecule has 1 aliphatic rings. The van der Waals surface area contributed by atoms with Gasteiger partial charge >= 0.3 is 0 Å². The standard InChI is InChI=1S/C33H38N2O4/c1-38-32-24-25(16-17-31(32)37)10-8-9-15-30(36)29(34)20-23-35-21-18-28(19-22-35)39-33(26-11-4-2-5-12-26)27-13-6-3-7-14-27/h2-17,24,28-29,33,37H,18-23,34H2,1H3. The van der Waals surface area contributed by atoms with Crippen molar-refractivity contribution in [3.8, 4) is 11.5 Å². The van der Waals surface area contributed by atoms with Crippen LogP contribution in [0.2, 0.25) is 0 Å². The van der Waals surface area contributed by atoms with Gasteiger partial charge in [-0.25, -0.2) is 0 Å². The van der Waals surface area contributed by atoms with Gasteiger partial charge in [0, 0.05) is 19.6 Å². The molecule has 0 aromatic heterocycles. The minimum absolute atomic E-state index is 0.0769. The van der Waals surface area contributed by atoms with Gasteiger partial charge in [-0.3, -0.25) is 4.79 Å². The van der Waals surface area contributed by atoms with E-state index in [0.717, 1.165) is 38.0 Å². The molecule has 1 unspecified atom stereocenters. The van der Waals surface area contributed by atoms with Gasteiger partial charge in [-0.15, -0.1) is 0 Å². The lowest BCUT2D eigenvalue weighted by Crippen LogP contribution is -2.41. The van der Waals surface area contributed by atoms with Gasteiger partial charge in [-0.05, 0) is 54.2 Å². The summed E-state index contributed by atoms with van der Waals surface area (Å²) in [5, 5.41) is 9.69. The molecule has 0 aliphatic carbocycles. The summed E-state index contributed by atoms with van der Waals surface area (Å²) < 4.78 is 11.8. The number of benzene rings is 3. The second kappa shape index (κ2) is 14.4. The molecule has 3 aromatic rings. The van der Waals surface area contributed by atoms with Gasteiger partial charge in [0.1, 0.15) is 6.10 Å². The molecule has 0 bridgehead atoms. The number of likely N-dealkylation sites (tertiary alicyclic amines) is 1. The lowest BCUT2D eigenvalue weighted by atomic mass is 10.00. The Hall–Kier alpha value is -3.71. The molecular formula is C33H38N2O4.